The summed E-state index contributed by atoms with van der Waals surface area (Å²) >= 11 is 0. The van der Waals surface area contributed by atoms with Gasteiger partial charge in [0.1, 0.15) is 5.82 Å². The summed E-state index contributed by atoms with van der Waals surface area (Å²) < 4.78 is 51.4. The molecule has 0 aliphatic rings. The molecule has 0 spiro atoms. The van der Waals surface area contributed by atoms with Crippen LogP contribution in [0.5, 0.6) is 0 Å². The summed E-state index contributed by atoms with van der Waals surface area (Å²) in [7, 11) is 0. The molecular weight excluding hydrogens is 274 g/mol. The van der Waals surface area contributed by atoms with Crippen molar-refractivity contribution in [2.24, 2.45) is 5.41 Å². The smallest absolute Gasteiger partial charge is 0.351 e. The average Bonchev–Trinajstić information content (AvgIpc) is 2.35. The van der Waals surface area contributed by atoms with Crippen molar-refractivity contribution >= 4 is 5.91 Å². The molecule has 0 bridgehead atoms. The van der Waals surface area contributed by atoms with Gasteiger partial charge in [0.05, 0.1) is 11.1 Å². The van der Waals surface area contributed by atoms with E-state index in [1.165, 1.54) is 0 Å². The van der Waals surface area contributed by atoms with E-state index in [2.05, 4.69) is 5.32 Å². The Bertz CT molecular complexity index is 494. The topological polar surface area (TPSA) is 29.1 Å². The molecule has 0 heterocycles. The van der Waals surface area contributed by atoms with Crippen molar-refractivity contribution in [2.75, 3.05) is 6.54 Å². The number of nitrogens with one attached hydrogen (secondary N) is 1. The summed E-state index contributed by atoms with van der Waals surface area (Å²) in [5.41, 5.74) is -2.22. The number of halogens is 4. The van der Waals surface area contributed by atoms with Crippen LogP contribution in [0.2, 0.25) is 0 Å². The zero-order chi connectivity index (χ0) is 15.6. The van der Waals surface area contributed by atoms with E-state index < -0.39 is 29.0 Å². The molecule has 1 aromatic carbocycles. The lowest BCUT2D eigenvalue weighted by Crippen LogP contribution is -2.34. The van der Waals surface area contributed by atoms with E-state index in [-0.39, 0.29) is 12.0 Å². The van der Waals surface area contributed by atoms with Crippen molar-refractivity contribution in [3.05, 3.63) is 35.1 Å². The number of benzene rings is 1. The Morgan fingerprint density at radius 3 is 2.35 bits per heavy atom. The van der Waals surface area contributed by atoms with E-state index in [1.54, 1.807) is 0 Å². The molecule has 0 radical (unpaired) electrons. The van der Waals surface area contributed by atoms with Crippen LogP contribution >= 0.6 is 0 Å². The Morgan fingerprint density at radius 2 is 1.85 bits per heavy atom. The highest BCUT2D eigenvalue weighted by molar-refractivity contribution is 5.94. The van der Waals surface area contributed by atoms with Gasteiger partial charge in [0.2, 0.25) is 0 Å². The van der Waals surface area contributed by atoms with Gasteiger partial charge >= 0.3 is 6.18 Å². The average molecular weight is 291 g/mol. The predicted octanol–water partition coefficient (Wildman–Crippen LogP) is 4.01. The molecule has 0 saturated carbocycles. The van der Waals surface area contributed by atoms with Gasteiger partial charge in [-0.25, -0.2) is 4.39 Å². The summed E-state index contributed by atoms with van der Waals surface area (Å²) in [4.78, 5) is 11.8. The fourth-order valence-electron chi connectivity index (χ4n) is 1.47. The van der Waals surface area contributed by atoms with Crippen LogP contribution in [-0.4, -0.2) is 12.5 Å². The fourth-order valence-corrected chi connectivity index (χ4v) is 1.47. The molecule has 0 unspecified atom stereocenters. The highest BCUT2D eigenvalue weighted by atomic mass is 19.4. The van der Waals surface area contributed by atoms with E-state index in [9.17, 15) is 22.4 Å². The van der Waals surface area contributed by atoms with Crippen LogP contribution in [0.1, 0.15) is 43.1 Å². The van der Waals surface area contributed by atoms with Gasteiger partial charge < -0.3 is 5.32 Å². The van der Waals surface area contributed by atoms with E-state index in [1.807, 2.05) is 20.8 Å². The first-order valence-electron chi connectivity index (χ1n) is 6.22. The standard InChI is InChI=1S/C14H17F4NO/c1-4-13(2,3)8-19-12(20)9-6-5-7-10(11(9)15)14(16,17)18/h5-7H,4,8H2,1-3H3,(H,19,20). The number of hydrogen-bond donors (Lipinski definition) is 1. The molecule has 0 fully saturated rings. The lowest BCUT2D eigenvalue weighted by Gasteiger charge is -2.23. The Hall–Kier alpha value is -1.59. The molecule has 0 aliphatic heterocycles. The first-order valence-corrected chi connectivity index (χ1v) is 6.22. The molecule has 1 amide bonds. The molecule has 20 heavy (non-hydrogen) atoms. The van der Waals surface area contributed by atoms with Crippen molar-refractivity contribution in [2.45, 2.75) is 33.4 Å². The molecule has 0 aliphatic carbocycles. The Kier molecular flexibility index (Phi) is 4.78. The Balaban J connectivity index is 2.95. The van der Waals surface area contributed by atoms with Gasteiger partial charge in [-0.1, -0.05) is 26.8 Å². The van der Waals surface area contributed by atoms with Crippen LogP contribution in [0.25, 0.3) is 0 Å². The summed E-state index contributed by atoms with van der Waals surface area (Å²) in [6, 6.07) is 2.67. The third-order valence-electron chi connectivity index (χ3n) is 3.23. The largest absolute Gasteiger partial charge is 0.419 e. The van der Waals surface area contributed by atoms with Crippen molar-refractivity contribution in [3.63, 3.8) is 0 Å². The first-order chi connectivity index (χ1) is 9.08. The first kappa shape index (κ1) is 16.5. The van der Waals surface area contributed by atoms with Crippen molar-refractivity contribution < 1.29 is 22.4 Å². The highest BCUT2D eigenvalue weighted by Gasteiger charge is 2.35. The van der Waals surface area contributed by atoms with Crippen LogP contribution in [0.4, 0.5) is 17.6 Å². The quantitative estimate of drug-likeness (QED) is 0.834. The number of alkyl halides is 3. The number of rotatable bonds is 4. The molecule has 1 rings (SSSR count). The number of amides is 1. The summed E-state index contributed by atoms with van der Waals surface area (Å²) in [6.45, 7) is 5.99. The zero-order valence-electron chi connectivity index (χ0n) is 11.6. The zero-order valence-corrected chi connectivity index (χ0v) is 11.6. The normalized spacial score (nSPS) is 12.3. The maximum absolute atomic E-state index is 13.7. The second-order valence-electron chi connectivity index (χ2n) is 5.37. The SMILES string of the molecule is CCC(C)(C)CNC(=O)c1cccc(C(F)(F)F)c1F. The maximum Gasteiger partial charge on any atom is 0.419 e. The van der Waals surface area contributed by atoms with Crippen LogP contribution in [0, 0.1) is 11.2 Å². The third kappa shape index (κ3) is 3.95. The van der Waals surface area contributed by atoms with E-state index >= 15 is 0 Å². The number of hydrogen-bond acceptors (Lipinski definition) is 1. The van der Waals surface area contributed by atoms with Crippen LogP contribution in [-0.2, 0) is 6.18 Å². The molecule has 1 N–H and O–H groups in total. The van der Waals surface area contributed by atoms with Crippen LogP contribution in [0.15, 0.2) is 18.2 Å². The molecule has 1 aromatic rings. The molecule has 0 atom stereocenters. The van der Waals surface area contributed by atoms with Gasteiger partial charge in [-0.2, -0.15) is 13.2 Å². The Labute approximate surface area is 115 Å². The van der Waals surface area contributed by atoms with Crippen molar-refractivity contribution in [3.8, 4) is 0 Å². The molecule has 2 nitrogen and oxygen atoms in total. The minimum atomic E-state index is -4.82. The van der Waals surface area contributed by atoms with Gasteiger partial charge in [-0.15, -0.1) is 0 Å². The van der Waals surface area contributed by atoms with Gasteiger partial charge in [0.15, 0.2) is 0 Å². The fraction of sp³-hybridized carbons (Fsp3) is 0.500. The lowest BCUT2D eigenvalue weighted by atomic mass is 9.90. The minimum Gasteiger partial charge on any atom is -0.351 e. The monoisotopic (exact) mass is 291 g/mol. The lowest BCUT2D eigenvalue weighted by molar-refractivity contribution is -0.140. The van der Waals surface area contributed by atoms with Gasteiger partial charge in [-0.3, -0.25) is 4.79 Å². The molecule has 0 aromatic heterocycles. The summed E-state index contributed by atoms with van der Waals surface area (Å²) in [5.74, 6) is -2.37. The van der Waals surface area contributed by atoms with E-state index in [4.69, 9.17) is 0 Å². The molecule has 6 heteroatoms. The molecular formula is C14H17F4NO. The molecule has 112 valence electrons. The van der Waals surface area contributed by atoms with Gasteiger partial charge in [0.25, 0.3) is 5.91 Å². The highest BCUT2D eigenvalue weighted by Crippen LogP contribution is 2.32. The third-order valence-corrected chi connectivity index (χ3v) is 3.23. The second kappa shape index (κ2) is 5.81. The number of carbonyl (C=O) groups excluding carboxylic acids is 1. The Morgan fingerprint density at radius 1 is 1.25 bits per heavy atom. The van der Waals surface area contributed by atoms with Gasteiger partial charge in [0, 0.05) is 6.54 Å². The predicted molar refractivity (Wildman–Crippen MR) is 67.8 cm³/mol. The maximum atomic E-state index is 13.7. The summed E-state index contributed by atoms with van der Waals surface area (Å²) in [6.07, 6.45) is -4.04. The summed E-state index contributed by atoms with van der Waals surface area (Å²) in [5, 5.41) is 2.46. The molecule has 0 saturated heterocycles. The second-order valence-corrected chi connectivity index (χ2v) is 5.37. The van der Waals surface area contributed by atoms with E-state index in [0.717, 1.165) is 18.6 Å². The van der Waals surface area contributed by atoms with E-state index in [0.29, 0.717) is 6.07 Å². The number of carbonyl (C=O) groups is 1. The van der Waals surface area contributed by atoms with Crippen LogP contribution in [0.3, 0.4) is 0 Å². The van der Waals surface area contributed by atoms with Crippen molar-refractivity contribution in [1.29, 1.82) is 0 Å². The van der Waals surface area contributed by atoms with Crippen LogP contribution < -0.4 is 5.32 Å². The minimum absolute atomic E-state index is 0.201. The van der Waals surface area contributed by atoms with Crippen molar-refractivity contribution in [1.82, 2.24) is 5.32 Å². The van der Waals surface area contributed by atoms with Gasteiger partial charge in [-0.05, 0) is 24.0 Å².